The van der Waals surface area contributed by atoms with Gasteiger partial charge >= 0.3 is 0 Å². The van der Waals surface area contributed by atoms with Crippen LogP contribution in [0.2, 0.25) is 0 Å². The average Bonchev–Trinajstić information content (AvgIpc) is 1.57. The van der Waals surface area contributed by atoms with E-state index in [2.05, 4.69) is 444 Å². The van der Waals surface area contributed by atoms with Crippen molar-refractivity contribution in [2.75, 3.05) is 0 Å². The van der Waals surface area contributed by atoms with Gasteiger partial charge in [0.1, 0.15) is 41.1 Å². The minimum absolute atomic E-state index is 0.0162. The van der Waals surface area contributed by atoms with Gasteiger partial charge in [0.15, 0.2) is 31.0 Å². The molecule has 0 spiro atoms. The molecule has 0 unspecified atom stereocenters. The monoisotopic (exact) mass is 1640 g/mol. The summed E-state index contributed by atoms with van der Waals surface area (Å²) in [4.78, 5) is 0. The molecule has 1 aliphatic carbocycles. The number of nitrogens with zero attached hydrogens (tertiary/aromatic N) is 5. The van der Waals surface area contributed by atoms with Gasteiger partial charge in [-0.2, -0.15) is 0 Å². The molecule has 5 aromatic heterocycles. The highest BCUT2D eigenvalue weighted by atomic mass is 19.1. The lowest BCUT2D eigenvalue weighted by Crippen LogP contribution is -2.31. The maximum Gasteiger partial charge on any atom is 0.220 e. The molecule has 0 atom stereocenters. The Hall–Kier alpha value is -12.1. The summed E-state index contributed by atoms with van der Waals surface area (Å²) in [5.74, 6) is 2.73. The normalized spacial score (nSPS) is 12.1. The molecule has 0 radical (unpaired) electrons. The minimum atomic E-state index is -0.0961. The molecule has 628 valence electrons. The molecular weight excluding hydrogens is 1510 g/mol. The van der Waals surface area contributed by atoms with Gasteiger partial charge in [0.25, 0.3) is 0 Å². The molecular formula is C118H129FN5+5. The minimum Gasteiger partial charge on any atom is -0.206 e. The van der Waals surface area contributed by atoms with Gasteiger partial charge in [-0.15, -0.1) is 0 Å². The standard InChI is InChI=1S/C29H30N.C24H24N.C22H25FN.C22H26N.C21H24N/c1-18(2)20-11-12-22-21(16-20)13-14-30(6)28(22)24-17-27-25(15-19(24)3)23-9-7-8-10-26(23)29(27,4)5;1-16(2)18-9-10-22-21(14-18)11-12-25(4)24(22)23-15-20-8-6-5-7-19(20)13-17(23)3;1-13(2)17-7-8-19-18(12-17)9-10-24(6)22(19)20-11-14(3)21(23)16(5)15(20)4;1-14(2)18-7-8-20-19(13-18)9-10-23(6)22(20)21-12-15(3)11-16(4)17(21)5;1-15(2)13-17-9-10-20-18(14-17)11-12-22(4)21(20)19-8-6-5-7-16(19)3/h7-18H,1-6H3;5-16H,1-4H3;7-13H,1-6H3;7-14H,1-6H3;5-12,14-15H,13H2,1-4H3/q5*+1. The quantitative estimate of drug-likeness (QED) is 0.115. The van der Waals surface area contributed by atoms with Crippen molar-refractivity contribution in [2.24, 2.45) is 41.2 Å². The summed E-state index contributed by atoms with van der Waals surface area (Å²) in [6, 6.07) is 87.5. The highest BCUT2D eigenvalue weighted by Gasteiger charge is 2.37. The SMILES string of the molecule is Cc1cc(-c2c3ccc(C(C)C)cc3cc[n+]2C)c(C)c(C)c1F.Cc1cc(C)c(C)c(-c2c3ccc(C(C)C)cc3cc[n+]2C)c1.Cc1cc2c(cc1-c1c3ccc(C(C)C)cc3cc[n+]1C)C(C)(C)c1ccccc1-2.Cc1cc2ccccc2cc1-c1c2ccc(C(C)C)cc2cc[n+]1C.Cc1ccccc1-c1c2ccc(CC(C)C)cc2cc[n+]1C. The van der Waals surface area contributed by atoms with Crippen molar-refractivity contribution in [1.29, 1.82) is 0 Å². The number of fused-ring (bicyclic) bond motifs is 9. The lowest BCUT2D eigenvalue weighted by Gasteiger charge is -2.22. The van der Waals surface area contributed by atoms with Gasteiger partial charge in [-0.1, -0.05) is 234 Å². The van der Waals surface area contributed by atoms with E-state index in [0.717, 1.165) is 28.8 Å². The van der Waals surface area contributed by atoms with E-state index in [0.29, 0.717) is 35.2 Å². The van der Waals surface area contributed by atoms with E-state index in [9.17, 15) is 4.39 Å². The van der Waals surface area contributed by atoms with Crippen LogP contribution in [0.3, 0.4) is 0 Å². The molecule has 124 heavy (non-hydrogen) atoms. The Kier molecular flexibility index (Phi) is 25.9. The molecule has 0 bridgehead atoms. The van der Waals surface area contributed by atoms with Crippen molar-refractivity contribution >= 4 is 64.6 Å². The number of aromatic nitrogens is 5. The van der Waals surface area contributed by atoms with Crippen molar-refractivity contribution in [3.8, 4) is 67.4 Å². The van der Waals surface area contributed by atoms with Crippen LogP contribution >= 0.6 is 0 Å². The maximum atomic E-state index is 14.2. The van der Waals surface area contributed by atoms with Crippen LogP contribution in [0.4, 0.5) is 4.39 Å². The van der Waals surface area contributed by atoms with Crippen molar-refractivity contribution in [3.63, 3.8) is 0 Å². The Morgan fingerprint density at radius 3 is 1.07 bits per heavy atom. The van der Waals surface area contributed by atoms with Crippen molar-refractivity contribution in [1.82, 2.24) is 0 Å². The van der Waals surface area contributed by atoms with Crippen LogP contribution in [-0.4, -0.2) is 0 Å². The summed E-state index contributed by atoms with van der Waals surface area (Å²) in [5.41, 5.74) is 35.8. The first-order chi connectivity index (χ1) is 59.1. The fraction of sp³-hybridized carbons (Fsp3) is 0.280. The molecule has 18 rings (SSSR count). The number of benzene rings is 12. The molecule has 1 aliphatic rings. The van der Waals surface area contributed by atoms with E-state index < -0.39 is 0 Å². The molecule has 17 aromatic rings. The first kappa shape index (κ1) is 88.2. The van der Waals surface area contributed by atoms with Crippen LogP contribution < -0.4 is 22.8 Å². The predicted octanol–water partition coefficient (Wildman–Crippen LogP) is 28.7. The van der Waals surface area contributed by atoms with Crippen molar-refractivity contribution in [3.05, 3.63) is 362 Å². The van der Waals surface area contributed by atoms with Crippen LogP contribution in [0.1, 0.15) is 196 Å². The topological polar surface area (TPSA) is 19.4 Å². The third-order valence-corrected chi connectivity index (χ3v) is 26.4. The molecule has 0 saturated heterocycles. The summed E-state index contributed by atoms with van der Waals surface area (Å²) in [7, 11) is 10.6. The first-order valence-corrected chi connectivity index (χ1v) is 44.8. The fourth-order valence-electron chi connectivity index (χ4n) is 18.8. The lowest BCUT2D eigenvalue weighted by atomic mass is 9.81. The number of hydrogen-bond acceptors (Lipinski definition) is 0. The Morgan fingerprint density at radius 2 is 0.629 bits per heavy atom. The molecule has 0 fully saturated rings. The van der Waals surface area contributed by atoms with Gasteiger partial charge in [0, 0.05) is 41.3 Å². The average molecular weight is 1640 g/mol. The second-order valence-corrected chi connectivity index (χ2v) is 37.7. The first-order valence-electron chi connectivity index (χ1n) is 44.8. The highest BCUT2D eigenvalue weighted by Crippen LogP contribution is 2.51. The second-order valence-electron chi connectivity index (χ2n) is 37.7. The van der Waals surface area contributed by atoms with E-state index in [4.69, 9.17) is 0 Å². The Balaban J connectivity index is 0.000000127. The van der Waals surface area contributed by atoms with Crippen LogP contribution in [0.25, 0.3) is 132 Å². The van der Waals surface area contributed by atoms with Crippen LogP contribution in [0, 0.1) is 74.0 Å². The number of aryl methyl sites for hydroxylation is 11. The summed E-state index contributed by atoms with van der Waals surface area (Å²) >= 11 is 0. The molecule has 5 nitrogen and oxygen atoms in total. The molecule has 0 saturated carbocycles. The van der Waals surface area contributed by atoms with Gasteiger partial charge in [-0.25, -0.2) is 27.2 Å². The summed E-state index contributed by atoms with van der Waals surface area (Å²) in [5, 5.41) is 15.6. The molecule has 0 aliphatic heterocycles. The molecule has 5 heterocycles. The largest absolute Gasteiger partial charge is 0.220 e. The highest BCUT2D eigenvalue weighted by molar-refractivity contribution is 6.00. The molecule has 0 N–H and O–H groups in total. The van der Waals surface area contributed by atoms with E-state index in [1.807, 2.05) is 26.8 Å². The van der Waals surface area contributed by atoms with E-state index >= 15 is 0 Å². The third kappa shape index (κ3) is 17.8. The Labute approximate surface area is 738 Å². The van der Waals surface area contributed by atoms with E-state index in [1.54, 1.807) is 0 Å². The zero-order chi connectivity index (χ0) is 88.8. The van der Waals surface area contributed by atoms with E-state index in [-0.39, 0.29) is 11.2 Å². The smallest absolute Gasteiger partial charge is 0.206 e. The third-order valence-electron chi connectivity index (χ3n) is 26.4. The summed E-state index contributed by atoms with van der Waals surface area (Å²) < 4.78 is 25.4. The second kappa shape index (κ2) is 36.4. The lowest BCUT2D eigenvalue weighted by molar-refractivity contribution is -0.659. The molecule has 6 heteroatoms. The predicted molar refractivity (Wildman–Crippen MR) is 525 cm³/mol. The van der Waals surface area contributed by atoms with Crippen LogP contribution in [-0.2, 0) is 47.1 Å². The summed E-state index contributed by atoms with van der Waals surface area (Å²) in [6.07, 6.45) is 12.0. The number of pyridine rings is 5. The zero-order valence-electron chi connectivity index (χ0n) is 78.6. The fourth-order valence-corrected chi connectivity index (χ4v) is 18.8. The van der Waals surface area contributed by atoms with Gasteiger partial charge < -0.3 is 0 Å². The van der Waals surface area contributed by atoms with Gasteiger partial charge in [-0.3, -0.25) is 0 Å². The maximum absolute atomic E-state index is 14.2. The summed E-state index contributed by atoms with van der Waals surface area (Å²) in [6.45, 7) is 46.2. The zero-order valence-corrected chi connectivity index (χ0v) is 78.6. The van der Waals surface area contributed by atoms with Gasteiger partial charge in [-0.05, 0) is 291 Å². The number of rotatable bonds is 11. The van der Waals surface area contributed by atoms with E-state index in [1.165, 1.54) is 193 Å². The number of halogens is 1. The van der Waals surface area contributed by atoms with Gasteiger partial charge in [0.05, 0.1) is 49.2 Å². The van der Waals surface area contributed by atoms with Crippen LogP contribution in [0.5, 0.6) is 0 Å². The van der Waals surface area contributed by atoms with Crippen molar-refractivity contribution < 1.29 is 27.2 Å². The molecule has 12 aromatic carbocycles. The number of hydrogen-bond donors (Lipinski definition) is 0. The Bertz CT molecular complexity index is 6960. The molecule has 0 amide bonds. The van der Waals surface area contributed by atoms with Crippen molar-refractivity contribution in [2.45, 2.75) is 181 Å². The van der Waals surface area contributed by atoms with Gasteiger partial charge in [0.2, 0.25) is 28.5 Å². The van der Waals surface area contributed by atoms with Crippen LogP contribution in [0.15, 0.2) is 268 Å². The Morgan fingerprint density at radius 1 is 0.266 bits per heavy atom.